The first kappa shape index (κ1) is 22.6. The number of carbonyl (C=O) groups excluding carboxylic acids is 1. The van der Waals surface area contributed by atoms with Gasteiger partial charge in [0.05, 0.1) is 6.10 Å². The van der Waals surface area contributed by atoms with E-state index in [4.69, 9.17) is 20.8 Å². The number of hydrogen-bond acceptors (Lipinski definition) is 6. The summed E-state index contributed by atoms with van der Waals surface area (Å²) in [4.78, 5) is 12.5. The van der Waals surface area contributed by atoms with E-state index in [0.717, 1.165) is 5.56 Å². The van der Waals surface area contributed by atoms with E-state index >= 15 is 0 Å². The van der Waals surface area contributed by atoms with Crippen LogP contribution in [0.15, 0.2) is 34.9 Å². The van der Waals surface area contributed by atoms with Gasteiger partial charge in [0.15, 0.2) is 6.10 Å². The minimum atomic E-state index is -4.64. The number of halogens is 4. The van der Waals surface area contributed by atoms with Gasteiger partial charge in [-0.25, -0.2) is 0 Å². The molecule has 1 aliphatic heterocycles. The van der Waals surface area contributed by atoms with Gasteiger partial charge in [-0.2, -0.15) is 0 Å². The monoisotopic (exact) mass is 471 g/mol. The lowest BCUT2D eigenvalue weighted by Crippen LogP contribution is -2.39. The second-order valence-corrected chi connectivity index (χ2v) is 8.31. The largest absolute Gasteiger partial charge is 0.522 e. The summed E-state index contributed by atoms with van der Waals surface area (Å²) in [6.07, 6.45) is -3.86. The molecule has 4 rings (SSSR count). The molecule has 0 radical (unpaired) electrons. The van der Waals surface area contributed by atoms with Gasteiger partial charge in [0, 0.05) is 23.1 Å². The number of nitrogens with one attached hydrogen (secondary N) is 1. The van der Waals surface area contributed by atoms with Crippen LogP contribution in [-0.4, -0.2) is 34.7 Å². The lowest BCUT2D eigenvalue weighted by Gasteiger charge is -2.32. The number of amides is 1. The van der Waals surface area contributed by atoms with Crippen LogP contribution in [0.25, 0.3) is 0 Å². The van der Waals surface area contributed by atoms with E-state index in [1.54, 1.807) is 12.1 Å². The molecule has 1 amide bonds. The fraction of sp³-hybridized carbons (Fsp3) is 0.476. The molecule has 2 aromatic rings. The van der Waals surface area contributed by atoms with E-state index in [0.29, 0.717) is 53.9 Å². The average molecular weight is 472 g/mol. The molecule has 7 nitrogen and oxygen atoms in total. The zero-order chi connectivity index (χ0) is 22.9. The SMILES string of the molecule is C=C(CCc1nnc([C@H]2C[C@@H](OC(F)(F)F)C2)o1)NC(=O)[C@H]1CCc2cc(Cl)ccc2O1. The highest BCUT2D eigenvalue weighted by molar-refractivity contribution is 6.30. The molecule has 0 saturated heterocycles. The van der Waals surface area contributed by atoms with Crippen LogP contribution < -0.4 is 10.1 Å². The molecule has 1 atom stereocenters. The third-order valence-corrected chi connectivity index (χ3v) is 5.66. The zero-order valence-electron chi connectivity index (χ0n) is 17.0. The first-order chi connectivity index (χ1) is 15.2. The van der Waals surface area contributed by atoms with Crippen LogP contribution in [0, 0.1) is 0 Å². The normalized spacial score (nSPS) is 22.4. The maximum absolute atomic E-state index is 12.5. The van der Waals surface area contributed by atoms with E-state index < -0.39 is 18.6 Å². The van der Waals surface area contributed by atoms with Crippen molar-refractivity contribution in [2.45, 2.75) is 63.0 Å². The third-order valence-electron chi connectivity index (χ3n) is 5.43. The van der Waals surface area contributed by atoms with E-state index in [2.05, 4.69) is 26.8 Å². The topological polar surface area (TPSA) is 86.5 Å². The molecule has 1 aromatic heterocycles. The molecule has 2 heterocycles. The average Bonchev–Trinajstić information content (AvgIpc) is 3.16. The molecule has 0 spiro atoms. The van der Waals surface area contributed by atoms with Crippen LogP contribution in [-0.2, 0) is 22.4 Å². The Labute approximate surface area is 186 Å². The first-order valence-electron chi connectivity index (χ1n) is 10.2. The Morgan fingerprint density at radius 3 is 2.84 bits per heavy atom. The number of hydrogen-bond donors (Lipinski definition) is 1. The van der Waals surface area contributed by atoms with Crippen LogP contribution >= 0.6 is 11.6 Å². The predicted molar refractivity (Wildman–Crippen MR) is 107 cm³/mol. The Hall–Kier alpha value is -2.59. The molecule has 11 heteroatoms. The number of carbonyl (C=O) groups is 1. The smallest absolute Gasteiger partial charge is 0.480 e. The van der Waals surface area contributed by atoms with Crippen molar-refractivity contribution < 1.29 is 31.9 Å². The van der Waals surface area contributed by atoms with Crippen molar-refractivity contribution in [3.63, 3.8) is 0 Å². The number of allylic oxidation sites excluding steroid dienone is 1. The molecule has 1 aromatic carbocycles. The number of benzene rings is 1. The molecule has 2 aliphatic rings. The molecule has 32 heavy (non-hydrogen) atoms. The van der Waals surface area contributed by atoms with Gasteiger partial charge in [-0.15, -0.1) is 23.4 Å². The Morgan fingerprint density at radius 1 is 1.31 bits per heavy atom. The summed E-state index contributed by atoms with van der Waals surface area (Å²) < 4.78 is 51.9. The lowest BCUT2D eigenvalue weighted by molar-refractivity contribution is -0.352. The van der Waals surface area contributed by atoms with Crippen molar-refractivity contribution in [1.82, 2.24) is 15.5 Å². The lowest BCUT2D eigenvalue weighted by atomic mass is 9.82. The van der Waals surface area contributed by atoms with E-state index in [1.807, 2.05) is 6.07 Å². The van der Waals surface area contributed by atoms with Crippen molar-refractivity contribution in [3.05, 3.63) is 52.8 Å². The van der Waals surface area contributed by atoms with Gasteiger partial charge in [0.25, 0.3) is 5.91 Å². The van der Waals surface area contributed by atoms with Crippen molar-refractivity contribution in [2.75, 3.05) is 0 Å². The fourth-order valence-electron chi connectivity index (χ4n) is 3.70. The summed E-state index contributed by atoms with van der Waals surface area (Å²) in [5, 5.41) is 11.2. The molecule has 1 aliphatic carbocycles. The van der Waals surface area contributed by atoms with Gasteiger partial charge in [0.1, 0.15) is 5.75 Å². The minimum Gasteiger partial charge on any atom is -0.480 e. The second kappa shape index (κ2) is 9.11. The van der Waals surface area contributed by atoms with Gasteiger partial charge >= 0.3 is 6.36 Å². The number of fused-ring (bicyclic) bond motifs is 1. The summed E-state index contributed by atoms with van der Waals surface area (Å²) >= 11 is 5.98. The highest BCUT2D eigenvalue weighted by Gasteiger charge is 2.42. The van der Waals surface area contributed by atoms with Crippen LogP contribution in [0.4, 0.5) is 13.2 Å². The van der Waals surface area contributed by atoms with E-state index in [1.165, 1.54) is 0 Å². The number of aromatic nitrogens is 2. The quantitative estimate of drug-likeness (QED) is 0.641. The summed E-state index contributed by atoms with van der Waals surface area (Å²) in [6.45, 7) is 3.86. The van der Waals surface area contributed by atoms with Gasteiger partial charge in [-0.1, -0.05) is 18.2 Å². The number of alkyl halides is 3. The van der Waals surface area contributed by atoms with Gasteiger partial charge < -0.3 is 14.5 Å². The Kier molecular flexibility index (Phi) is 6.43. The van der Waals surface area contributed by atoms with E-state index in [9.17, 15) is 18.0 Å². The molecule has 0 unspecified atom stereocenters. The van der Waals surface area contributed by atoms with Crippen molar-refractivity contribution in [1.29, 1.82) is 0 Å². The van der Waals surface area contributed by atoms with Crippen molar-refractivity contribution in [2.24, 2.45) is 0 Å². The van der Waals surface area contributed by atoms with Crippen LogP contribution in [0.2, 0.25) is 5.02 Å². The third kappa shape index (κ3) is 5.60. The standard InChI is InChI=1S/C21H21ClF3N3O4/c1-11(26-19(29)17-5-3-12-8-14(22)4-6-16(12)30-17)2-7-18-27-28-20(31-18)13-9-15(10-13)32-21(23,24)25/h4,6,8,13,15,17H,1-3,5,7,9-10H2,(H,26,29)/t13-,15+,17-/m1/s1. The Balaban J connectivity index is 1.20. The molecular weight excluding hydrogens is 451 g/mol. The molecule has 172 valence electrons. The predicted octanol–water partition coefficient (Wildman–Crippen LogP) is 4.46. The van der Waals surface area contributed by atoms with Gasteiger partial charge in [0.2, 0.25) is 11.8 Å². The molecule has 1 fully saturated rings. The van der Waals surface area contributed by atoms with Gasteiger partial charge in [-0.3, -0.25) is 9.53 Å². The zero-order valence-corrected chi connectivity index (χ0v) is 17.7. The highest BCUT2D eigenvalue weighted by atomic mass is 35.5. The number of rotatable bonds is 7. The van der Waals surface area contributed by atoms with Crippen LogP contribution in [0.1, 0.15) is 48.9 Å². The maximum Gasteiger partial charge on any atom is 0.522 e. The molecule has 1 saturated carbocycles. The van der Waals surface area contributed by atoms with Crippen LogP contribution in [0.3, 0.4) is 0 Å². The summed E-state index contributed by atoms with van der Waals surface area (Å²) in [5.41, 5.74) is 1.44. The number of nitrogens with zero attached hydrogens (tertiary/aromatic N) is 2. The Morgan fingerprint density at radius 2 is 2.09 bits per heavy atom. The van der Waals surface area contributed by atoms with Crippen LogP contribution in [0.5, 0.6) is 5.75 Å². The van der Waals surface area contributed by atoms with E-state index in [-0.39, 0.29) is 24.7 Å². The summed E-state index contributed by atoms with van der Waals surface area (Å²) in [7, 11) is 0. The number of ether oxygens (including phenoxy) is 2. The molecule has 1 N–H and O–H groups in total. The second-order valence-electron chi connectivity index (χ2n) is 7.88. The highest BCUT2D eigenvalue weighted by Crippen LogP contribution is 2.40. The van der Waals surface area contributed by atoms with Crippen molar-refractivity contribution in [3.8, 4) is 5.75 Å². The molecule has 0 bridgehead atoms. The Bertz CT molecular complexity index is 1000. The minimum absolute atomic E-state index is 0.181. The number of aryl methyl sites for hydroxylation is 2. The summed E-state index contributed by atoms with van der Waals surface area (Å²) in [5.74, 6) is 0.740. The summed E-state index contributed by atoms with van der Waals surface area (Å²) in [6, 6.07) is 5.29. The van der Waals surface area contributed by atoms with Gasteiger partial charge in [-0.05, 0) is 55.9 Å². The van der Waals surface area contributed by atoms with Crippen molar-refractivity contribution >= 4 is 17.5 Å². The maximum atomic E-state index is 12.5. The first-order valence-corrected chi connectivity index (χ1v) is 10.5. The fourth-order valence-corrected chi connectivity index (χ4v) is 3.90. The molecular formula is C21H21ClF3N3O4.